The molecule has 0 fully saturated rings. The monoisotopic (exact) mass is 351 g/mol. The Morgan fingerprint density at radius 3 is 2.58 bits per heavy atom. The van der Waals surface area contributed by atoms with E-state index in [1.54, 1.807) is 36.4 Å². The van der Waals surface area contributed by atoms with Crippen LogP contribution in [0.25, 0.3) is 6.08 Å². The number of non-ortho nitro benzene ring substituents is 1. The second-order valence-electron chi connectivity index (χ2n) is 6.04. The largest absolute Gasteiger partial charge is 0.489 e. The number of nitro benzene ring substituents is 1. The average Bonchev–Trinajstić information content (AvgIpc) is 2.90. The molecule has 1 aliphatic rings. The number of carbonyl (C=O) groups excluding carboxylic acids is 1. The first kappa shape index (κ1) is 17.4. The SMILES string of the molecule is CC(C)=CCOc1ccc2c(c1)O/C(=C/c1ccc([N+](=O)[O-])cc1)C2=O. The molecular weight excluding hydrogens is 334 g/mol. The van der Waals surface area contributed by atoms with Gasteiger partial charge in [-0.25, -0.2) is 0 Å². The summed E-state index contributed by atoms with van der Waals surface area (Å²) in [5.74, 6) is 1.01. The Labute approximate surface area is 150 Å². The molecule has 2 aromatic carbocycles. The Bertz CT molecular complexity index is 922. The van der Waals surface area contributed by atoms with E-state index in [0.717, 1.165) is 5.57 Å². The lowest BCUT2D eigenvalue weighted by Crippen LogP contribution is -1.98. The third-order valence-electron chi connectivity index (χ3n) is 3.78. The summed E-state index contributed by atoms with van der Waals surface area (Å²) in [7, 11) is 0. The van der Waals surface area contributed by atoms with E-state index in [4.69, 9.17) is 9.47 Å². The minimum absolute atomic E-state index is 0.00717. The van der Waals surface area contributed by atoms with E-state index in [1.165, 1.54) is 12.1 Å². The molecule has 2 aromatic rings. The number of nitro groups is 1. The minimum Gasteiger partial charge on any atom is -0.489 e. The Balaban J connectivity index is 1.78. The van der Waals surface area contributed by atoms with Gasteiger partial charge in [-0.1, -0.05) is 5.57 Å². The third-order valence-corrected chi connectivity index (χ3v) is 3.78. The van der Waals surface area contributed by atoms with Crippen molar-refractivity contribution in [2.24, 2.45) is 0 Å². The van der Waals surface area contributed by atoms with Crippen molar-refractivity contribution < 1.29 is 19.2 Å². The third kappa shape index (κ3) is 3.80. The predicted molar refractivity (Wildman–Crippen MR) is 97.4 cm³/mol. The predicted octanol–water partition coefficient (Wildman–Crippen LogP) is 4.56. The molecule has 0 unspecified atom stereocenters. The topological polar surface area (TPSA) is 78.7 Å². The van der Waals surface area contributed by atoms with Crippen molar-refractivity contribution in [2.75, 3.05) is 6.61 Å². The highest BCUT2D eigenvalue weighted by Gasteiger charge is 2.27. The smallest absolute Gasteiger partial charge is 0.269 e. The van der Waals surface area contributed by atoms with E-state index in [2.05, 4.69) is 0 Å². The lowest BCUT2D eigenvalue weighted by atomic mass is 10.1. The van der Waals surface area contributed by atoms with Crippen molar-refractivity contribution in [2.45, 2.75) is 13.8 Å². The van der Waals surface area contributed by atoms with Crippen LogP contribution in [-0.2, 0) is 0 Å². The second-order valence-corrected chi connectivity index (χ2v) is 6.04. The van der Waals surface area contributed by atoms with Crippen molar-refractivity contribution in [3.05, 3.63) is 81.1 Å². The number of fused-ring (bicyclic) bond motifs is 1. The first-order valence-corrected chi connectivity index (χ1v) is 8.03. The molecule has 1 aliphatic heterocycles. The van der Waals surface area contributed by atoms with Crippen molar-refractivity contribution >= 4 is 17.5 Å². The lowest BCUT2D eigenvalue weighted by Gasteiger charge is -2.05. The average molecular weight is 351 g/mol. The fraction of sp³-hybridized carbons (Fsp3) is 0.150. The van der Waals surface area contributed by atoms with Gasteiger partial charge in [-0.15, -0.1) is 0 Å². The molecule has 0 aliphatic carbocycles. The van der Waals surface area contributed by atoms with Crippen LogP contribution < -0.4 is 9.47 Å². The summed E-state index contributed by atoms with van der Waals surface area (Å²) >= 11 is 0. The number of ether oxygens (including phenoxy) is 2. The van der Waals surface area contributed by atoms with E-state index in [9.17, 15) is 14.9 Å². The molecule has 0 saturated carbocycles. The molecular formula is C20H17NO5. The van der Waals surface area contributed by atoms with E-state index < -0.39 is 4.92 Å². The number of hydrogen-bond acceptors (Lipinski definition) is 5. The Hall–Kier alpha value is -3.41. The summed E-state index contributed by atoms with van der Waals surface area (Å²) in [5, 5.41) is 10.7. The number of benzene rings is 2. The summed E-state index contributed by atoms with van der Waals surface area (Å²) in [5.41, 5.74) is 2.26. The van der Waals surface area contributed by atoms with Crippen LogP contribution in [0.2, 0.25) is 0 Å². The van der Waals surface area contributed by atoms with E-state index in [1.807, 2.05) is 19.9 Å². The van der Waals surface area contributed by atoms with Gasteiger partial charge in [0.2, 0.25) is 5.78 Å². The molecule has 0 bridgehead atoms. The van der Waals surface area contributed by atoms with Crippen LogP contribution in [0.1, 0.15) is 29.8 Å². The summed E-state index contributed by atoms with van der Waals surface area (Å²) in [6, 6.07) is 11.0. The van der Waals surface area contributed by atoms with E-state index in [0.29, 0.717) is 29.2 Å². The summed E-state index contributed by atoms with van der Waals surface area (Å²) in [6.45, 7) is 4.42. The normalized spacial score (nSPS) is 13.9. The van der Waals surface area contributed by atoms with Gasteiger partial charge in [0, 0.05) is 18.2 Å². The Kier molecular flexibility index (Phi) is 4.84. The number of ketones is 1. The molecule has 0 aromatic heterocycles. The van der Waals surface area contributed by atoms with Gasteiger partial charge in [-0.3, -0.25) is 14.9 Å². The van der Waals surface area contributed by atoms with Crippen LogP contribution in [0.5, 0.6) is 11.5 Å². The van der Waals surface area contributed by atoms with Crippen molar-refractivity contribution in [1.82, 2.24) is 0 Å². The van der Waals surface area contributed by atoms with E-state index in [-0.39, 0.29) is 17.2 Å². The molecule has 26 heavy (non-hydrogen) atoms. The number of allylic oxidation sites excluding steroid dienone is 2. The molecule has 0 saturated heterocycles. The zero-order chi connectivity index (χ0) is 18.7. The second kappa shape index (κ2) is 7.23. The zero-order valence-electron chi connectivity index (χ0n) is 14.4. The number of carbonyl (C=O) groups is 1. The van der Waals surface area contributed by atoms with Crippen molar-refractivity contribution in [3.8, 4) is 11.5 Å². The van der Waals surface area contributed by atoms with Gasteiger partial charge >= 0.3 is 0 Å². The molecule has 132 valence electrons. The molecule has 1 heterocycles. The maximum atomic E-state index is 12.4. The van der Waals surface area contributed by atoms with Crippen LogP contribution in [0.15, 0.2) is 59.9 Å². The quantitative estimate of drug-likeness (QED) is 0.342. The standard InChI is InChI=1S/C20H17NO5/c1-13(2)9-10-25-16-7-8-17-18(12-16)26-19(20(17)22)11-14-3-5-15(6-4-14)21(23)24/h3-9,11-12H,10H2,1-2H3/b19-11+. The molecule has 6 nitrogen and oxygen atoms in total. The number of rotatable bonds is 5. The van der Waals surface area contributed by atoms with Gasteiger partial charge in [-0.2, -0.15) is 0 Å². The minimum atomic E-state index is -0.471. The van der Waals surface area contributed by atoms with Gasteiger partial charge in [0.15, 0.2) is 5.76 Å². The van der Waals surface area contributed by atoms with Crippen LogP contribution in [0.4, 0.5) is 5.69 Å². The van der Waals surface area contributed by atoms with Gasteiger partial charge in [-0.05, 0) is 55.8 Å². The lowest BCUT2D eigenvalue weighted by molar-refractivity contribution is -0.384. The van der Waals surface area contributed by atoms with Crippen LogP contribution in [0, 0.1) is 10.1 Å². The molecule has 3 rings (SSSR count). The molecule has 0 amide bonds. The van der Waals surface area contributed by atoms with Gasteiger partial charge in [0.1, 0.15) is 18.1 Å². The molecule has 0 N–H and O–H groups in total. The van der Waals surface area contributed by atoms with Crippen molar-refractivity contribution in [1.29, 1.82) is 0 Å². The van der Waals surface area contributed by atoms with Crippen LogP contribution in [0.3, 0.4) is 0 Å². The summed E-state index contributed by atoms with van der Waals surface area (Å²) in [4.78, 5) is 22.7. The summed E-state index contributed by atoms with van der Waals surface area (Å²) < 4.78 is 11.3. The fourth-order valence-corrected chi connectivity index (χ4v) is 2.41. The molecule has 0 radical (unpaired) electrons. The molecule has 0 spiro atoms. The first-order valence-electron chi connectivity index (χ1n) is 8.03. The molecule has 0 atom stereocenters. The number of Topliss-reactive ketones (excluding diaryl/α,β-unsaturated/α-hetero) is 1. The highest BCUT2D eigenvalue weighted by Crippen LogP contribution is 2.35. The maximum Gasteiger partial charge on any atom is 0.269 e. The number of nitrogens with zero attached hydrogens (tertiary/aromatic N) is 1. The van der Waals surface area contributed by atoms with Crippen LogP contribution in [-0.4, -0.2) is 17.3 Å². The Morgan fingerprint density at radius 1 is 1.19 bits per heavy atom. The zero-order valence-corrected chi connectivity index (χ0v) is 14.4. The Morgan fingerprint density at radius 2 is 1.92 bits per heavy atom. The molecule has 6 heteroatoms. The first-order chi connectivity index (χ1) is 12.4. The van der Waals surface area contributed by atoms with Crippen LogP contribution >= 0.6 is 0 Å². The van der Waals surface area contributed by atoms with E-state index >= 15 is 0 Å². The van der Waals surface area contributed by atoms with Gasteiger partial charge < -0.3 is 9.47 Å². The maximum absolute atomic E-state index is 12.4. The number of hydrogen-bond donors (Lipinski definition) is 0. The summed E-state index contributed by atoms with van der Waals surface area (Å²) in [6.07, 6.45) is 3.52. The fourth-order valence-electron chi connectivity index (χ4n) is 2.41. The van der Waals surface area contributed by atoms with Crippen molar-refractivity contribution in [3.63, 3.8) is 0 Å². The van der Waals surface area contributed by atoms with Gasteiger partial charge in [0.25, 0.3) is 5.69 Å². The van der Waals surface area contributed by atoms with Gasteiger partial charge in [0.05, 0.1) is 10.5 Å². The highest BCUT2D eigenvalue weighted by atomic mass is 16.6. The highest BCUT2D eigenvalue weighted by molar-refractivity contribution is 6.14.